The van der Waals surface area contributed by atoms with Gasteiger partial charge in [0.1, 0.15) is 11.8 Å². The Morgan fingerprint density at radius 3 is 2.60 bits per heavy atom. The Kier molecular flexibility index (Phi) is 4.79. The second-order valence-corrected chi connectivity index (χ2v) is 3.47. The molecule has 0 saturated heterocycles. The van der Waals surface area contributed by atoms with Gasteiger partial charge in [-0.1, -0.05) is 38.3 Å². The number of nitriles is 1. The van der Waals surface area contributed by atoms with Crippen LogP contribution in [0.2, 0.25) is 0 Å². The molecule has 1 aromatic rings. The van der Waals surface area contributed by atoms with Crippen molar-refractivity contribution >= 4 is 0 Å². The van der Waals surface area contributed by atoms with E-state index in [9.17, 15) is 0 Å². The van der Waals surface area contributed by atoms with Gasteiger partial charge in [-0.2, -0.15) is 5.26 Å². The first kappa shape index (κ1) is 11.7. The molecule has 80 valence electrons. The summed E-state index contributed by atoms with van der Waals surface area (Å²) in [5.74, 6) is 0. The fourth-order valence-electron chi connectivity index (χ4n) is 1.37. The maximum atomic E-state index is 8.59. The van der Waals surface area contributed by atoms with Crippen LogP contribution >= 0.6 is 0 Å². The maximum absolute atomic E-state index is 8.59. The zero-order chi connectivity index (χ0) is 11.1. The third kappa shape index (κ3) is 3.69. The van der Waals surface area contributed by atoms with E-state index >= 15 is 0 Å². The summed E-state index contributed by atoms with van der Waals surface area (Å²) in [5.41, 5.74) is 1.53. The molecular weight excluding hydrogens is 186 g/mol. The zero-order valence-electron chi connectivity index (χ0n) is 9.27. The van der Waals surface area contributed by atoms with Crippen molar-refractivity contribution in [2.24, 2.45) is 0 Å². The quantitative estimate of drug-likeness (QED) is 0.736. The van der Waals surface area contributed by atoms with Crippen molar-refractivity contribution in [3.8, 4) is 6.07 Å². The number of aromatic nitrogens is 1. The van der Waals surface area contributed by atoms with Crippen LogP contribution in [0, 0.1) is 11.3 Å². The fourth-order valence-corrected chi connectivity index (χ4v) is 1.37. The van der Waals surface area contributed by atoms with E-state index in [-0.39, 0.29) is 0 Å². The van der Waals surface area contributed by atoms with Gasteiger partial charge in [-0.15, -0.1) is 12.6 Å². The van der Waals surface area contributed by atoms with Crippen LogP contribution in [0.5, 0.6) is 0 Å². The Morgan fingerprint density at radius 2 is 2.13 bits per heavy atom. The number of nitrogens with zero attached hydrogens (tertiary/aromatic N) is 3. The van der Waals surface area contributed by atoms with Gasteiger partial charge in [0.2, 0.25) is 0 Å². The highest BCUT2D eigenvalue weighted by molar-refractivity contribution is 5.24. The summed E-state index contributed by atoms with van der Waals surface area (Å²) in [6.07, 6.45) is 3.89. The Labute approximate surface area is 91.1 Å². The molecule has 0 aromatic carbocycles. The molecule has 0 atom stereocenters. The molecule has 0 fully saturated rings. The zero-order valence-corrected chi connectivity index (χ0v) is 9.27. The summed E-state index contributed by atoms with van der Waals surface area (Å²) in [4.78, 5) is 4.01. The minimum Gasteiger partial charge on any atom is -0.656 e. The first-order valence-electron chi connectivity index (χ1n) is 5.31. The fraction of sp³-hybridized carbons (Fsp3) is 0.500. The number of rotatable bonds is 5. The summed E-state index contributed by atoms with van der Waals surface area (Å²) >= 11 is 0. The van der Waals surface area contributed by atoms with Crippen molar-refractivity contribution in [1.82, 2.24) is 4.98 Å². The smallest absolute Gasteiger partial charge is 0.140 e. The van der Waals surface area contributed by atoms with Crippen LogP contribution in [0.1, 0.15) is 37.9 Å². The minimum absolute atomic E-state index is 0.445. The van der Waals surface area contributed by atoms with Crippen LogP contribution < -0.4 is 0 Å². The van der Waals surface area contributed by atoms with E-state index in [0.717, 1.165) is 18.4 Å². The molecule has 0 aliphatic carbocycles. The summed E-state index contributed by atoms with van der Waals surface area (Å²) < 4.78 is 0. The summed E-state index contributed by atoms with van der Waals surface area (Å²) in [6, 6.07) is 6.09. The van der Waals surface area contributed by atoms with Crippen LogP contribution in [0.25, 0.3) is 5.32 Å². The molecule has 0 N–H and O–H groups in total. The lowest BCUT2D eigenvalue weighted by atomic mass is 10.1. The first-order chi connectivity index (χ1) is 7.30. The first-order valence-corrected chi connectivity index (χ1v) is 5.31. The third-order valence-corrected chi connectivity index (χ3v) is 2.41. The molecule has 1 heterocycles. The van der Waals surface area contributed by atoms with Gasteiger partial charge in [-0.25, -0.2) is 4.98 Å². The standard InChI is InChI=1S/C12H16N3/c1-3-11(4-2)14-8-10-5-6-12(7-13)15-9-10/h5-6,9,11H,3-4,8H2,1-2H3/q-1. The van der Waals surface area contributed by atoms with Crippen molar-refractivity contribution in [2.45, 2.75) is 39.3 Å². The largest absolute Gasteiger partial charge is 0.656 e. The number of pyridine rings is 1. The van der Waals surface area contributed by atoms with Crippen molar-refractivity contribution in [1.29, 1.82) is 5.26 Å². The van der Waals surface area contributed by atoms with E-state index in [0.29, 0.717) is 18.3 Å². The van der Waals surface area contributed by atoms with Crippen LogP contribution in [0.4, 0.5) is 0 Å². The molecule has 3 heteroatoms. The predicted octanol–water partition coefficient (Wildman–Crippen LogP) is 3.02. The van der Waals surface area contributed by atoms with E-state index in [1.807, 2.05) is 12.1 Å². The molecule has 15 heavy (non-hydrogen) atoms. The number of hydrogen-bond donors (Lipinski definition) is 0. The van der Waals surface area contributed by atoms with Gasteiger partial charge < -0.3 is 5.32 Å². The SMILES string of the molecule is CCC(CC)[N-]Cc1ccc(C#N)nc1. The van der Waals surface area contributed by atoms with Crippen molar-refractivity contribution in [3.63, 3.8) is 0 Å². The minimum atomic E-state index is 0.445. The molecule has 1 rings (SSSR count). The monoisotopic (exact) mass is 202 g/mol. The molecule has 0 spiro atoms. The lowest BCUT2D eigenvalue weighted by Gasteiger charge is -2.29. The highest BCUT2D eigenvalue weighted by atomic mass is 14.9. The van der Waals surface area contributed by atoms with E-state index < -0.39 is 0 Å². The molecule has 1 aromatic heterocycles. The molecule has 0 aliphatic rings. The van der Waals surface area contributed by atoms with E-state index in [1.165, 1.54) is 0 Å². The molecule has 3 nitrogen and oxygen atoms in total. The summed E-state index contributed by atoms with van der Waals surface area (Å²) in [5, 5.41) is 13.2. The topological polar surface area (TPSA) is 50.8 Å². The van der Waals surface area contributed by atoms with E-state index in [4.69, 9.17) is 5.26 Å². The molecular formula is C12H16N3-. The van der Waals surface area contributed by atoms with Crippen LogP contribution in [0.15, 0.2) is 18.3 Å². The molecule has 0 bridgehead atoms. The average Bonchev–Trinajstić information content (AvgIpc) is 2.31. The highest BCUT2D eigenvalue weighted by Gasteiger charge is 1.93. The van der Waals surface area contributed by atoms with Crippen LogP contribution in [-0.2, 0) is 6.54 Å². The average molecular weight is 202 g/mol. The molecule has 0 unspecified atom stereocenters. The Bertz CT molecular complexity index is 320. The second kappa shape index (κ2) is 6.15. The van der Waals surface area contributed by atoms with Crippen molar-refractivity contribution in [3.05, 3.63) is 34.9 Å². The van der Waals surface area contributed by atoms with Crippen LogP contribution in [0.3, 0.4) is 0 Å². The normalized spacial score (nSPS) is 10.3. The second-order valence-electron chi connectivity index (χ2n) is 3.47. The van der Waals surface area contributed by atoms with E-state index in [1.54, 1.807) is 12.3 Å². The Morgan fingerprint density at radius 1 is 1.40 bits per heavy atom. The van der Waals surface area contributed by atoms with Gasteiger partial charge in [0.15, 0.2) is 0 Å². The molecule has 0 saturated carbocycles. The third-order valence-electron chi connectivity index (χ3n) is 2.41. The van der Waals surface area contributed by atoms with Crippen LogP contribution in [-0.4, -0.2) is 11.0 Å². The van der Waals surface area contributed by atoms with Gasteiger partial charge >= 0.3 is 0 Å². The maximum Gasteiger partial charge on any atom is 0.140 e. The number of hydrogen-bond acceptors (Lipinski definition) is 2. The Balaban J connectivity index is 2.48. The van der Waals surface area contributed by atoms with Crippen molar-refractivity contribution in [2.75, 3.05) is 0 Å². The highest BCUT2D eigenvalue weighted by Crippen LogP contribution is 2.13. The van der Waals surface area contributed by atoms with Gasteiger partial charge in [0.25, 0.3) is 0 Å². The van der Waals surface area contributed by atoms with Gasteiger partial charge in [-0.05, 0) is 6.07 Å². The lowest BCUT2D eigenvalue weighted by molar-refractivity contribution is 0.670. The summed E-state index contributed by atoms with van der Waals surface area (Å²) in [7, 11) is 0. The van der Waals surface area contributed by atoms with Gasteiger partial charge in [0, 0.05) is 6.20 Å². The molecule has 0 radical (unpaired) electrons. The van der Waals surface area contributed by atoms with Gasteiger partial charge in [0.05, 0.1) is 0 Å². The van der Waals surface area contributed by atoms with Gasteiger partial charge in [-0.3, -0.25) is 0 Å². The Hall–Kier alpha value is -1.40. The van der Waals surface area contributed by atoms with E-state index in [2.05, 4.69) is 24.1 Å². The molecule has 0 aliphatic heterocycles. The lowest BCUT2D eigenvalue weighted by Crippen LogP contribution is -2.03. The molecule has 0 amide bonds. The predicted molar refractivity (Wildman–Crippen MR) is 60.4 cm³/mol. The van der Waals surface area contributed by atoms with Crippen molar-refractivity contribution < 1.29 is 0 Å². The summed E-state index contributed by atoms with van der Waals surface area (Å²) in [6.45, 7) is 4.99.